The molecule has 2 aromatic rings. The van der Waals surface area contributed by atoms with Crippen molar-refractivity contribution >= 4 is 46.4 Å². The molecule has 0 aromatic heterocycles. The minimum Gasteiger partial charge on any atom is -0.370 e. The van der Waals surface area contributed by atoms with Crippen LogP contribution < -0.4 is 16.0 Å². The Labute approximate surface area is 162 Å². The molecule has 1 aliphatic heterocycles. The molecule has 0 atom stereocenters. The second-order valence-corrected chi connectivity index (χ2v) is 6.98. The molecule has 2 amide bonds. The Hall–Kier alpha value is -2.24. The number of nitrogens with zero attached hydrogens (tertiary/aromatic N) is 1. The van der Waals surface area contributed by atoms with Gasteiger partial charge in [0.25, 0.3) is 5.91 Å². The number of rotatable bonds is 4. The van der Waals surface area contributed by atoms with Crippen molar-refractivity contribution in [2.75, 3.05) is 23.3 Å². The highest BCUT2D eigenvalue weighted by molar-refractivity contribution is 6.44. The van der Waals surface area contributed by atoms with Crippen LogP contribution in [0.1, 0.15) is 40.0 Å². The lowest BCUT2D eigenvalue weighted by atomic mass is 10.1. The van der Waals surface area contributed by atoms with Crippen molar-refractivity contribution < 1.29 is 9.59 Å². The predicted molar refractivity (Wildman–Crippen MR) is 105 cm³/mol. The Morgan fingerprint density at radius 1 is 1.04 bits per heavy atom. The minimum atomic E-state index is -0.550. The lowest BCUT2D eigenvalue weighted by Crippen LogP contribution is -2.30. The van der Waals surface area contributed by atoms with E-state index >= 15 is 0 Å². The van der Waals surface area contributed by atoms with E-state index in [0.29, 0.717) is 16.3 Å². The molecular formula is C19H19Cl2N3O2. The molecule has 0 unspecified atom stereocenters. The van der Waals surface area contributed by atoms with E-state index in [4.69, 9.17) is 28.9 Å². The Bertz CT molecular complexity index is 849. The first-order valence-corrected chi connectivity index (χ1v) is 9.17. The summed E-state index contributed by atoms with van der Waals surface area (Å²) in [6.07, 6.45) is 3.37. The first-order chi connectivity index (χ1) is 12.5. The smallest absolute Gasteiger partial charge is 0.257 e. The van der Waals surface area contributed by atoms with Gasteiger partial charge in [0.1, 0.15) is 0 Å². The maximum atomic E-state index is 12.7. The van der Waals surface area contributed by atoms with Gasteiger partial charge in [-0.25, -0.2) is 0 Å². The number of anilines is 2. The summed E-state index contributed by atoms with van der Waals surface area (Å²) in [6.45, 7) is 1.80. The molecule has 1 aliphatic rings. The molecule has 0 saturated carbocycles. The monoisotopic (exact) mass is 391 g/mol. The number of halogens is 2. The molecule has 3 N–H and O–H groups in total. The zero-order valence-corrected chi connectivity index (χ0v) is 15.6. The van der Waals surface area contributed by atoms with Crippen LogP contribution >= 0.6 is 23.2 Å². The quantitative estimate of drug-likeness (QED) is 0.813. The normalized spacial score (nSPS) is 14.2. The van der Waals surface area contributed by atoms with Crippen LogP contribution in [0.5, 0.6) is 0 Å². The van der Waals surface area contributed by atoms with Gasteiger partial charge in [-0.2, -0.15) is 0 Å². The fraction of sp³-hybridized carbons (Fsp3) is 0.263. The molecule has 26 heavy (non-hydrogen) atoms. The van der Waals surface area contributed by atoms with Crippen LogP contribution in [-0.2, 0) is 0 Å². The van der Waals surface area contributed by atoms with E-state index in [2.05, 4.69) is 10.2 Å². The third-order valence-electron chi connectivity index (χ3n) is 4.42. The highest BCUT2D eigenvalue weighted by atomic mass is 35.5. The van der Waals surface area contributed by atoms with Gasteiger partial charge in [0, 0.05) is 18.7 Å². The van der Waals surface area contributed by atoms with E-state index in [1.54, 1.807) is 30.3 Å². The second-order valence-electron chi connectivity index (χ2n) is 6.20. The SMILES string of the molecule is NC(=O)c1ccc(N2CCCCC2)c(NC(=O)c2cccc(Cl)c2Cl)c1. The number of carbonyl (C=O) groups excluding carboxylic acids is 2. The van der Waals surface area contributed by atoms with Crippen molar-refractivity contribution in [1.29, 1.82) is 0 Å². The second kappa shape index (κ2) is 7.98. The van der Waals surface area contributed by atoms with E-state index in [1.807, 2.05) is 6.07 Å². The van der Waals surface area contributed by atoms with Crippen molar-refractivity contribution in [2.45, 2.75) is 19.3 Å². The van der Waals surface area contributed by atoms with E-state index in [1.165, 1.54) is 6.42 Å². The number of amides is 2. The third kappa shape index (κ3) is 3.94. The number of primary amides is 1. The summed E-state index contributed by atoms with van der Waals surface area (Å²) in [5.41, 5.74) is 7.39. The van der Waals surface area contributed by atoms with Gasteiger partial charge < -0.3 is 16.0 Å². The Balaban J connectivity index is 1.95. The van der Waals surface area contributed by atoms with E-state index < -0.39 is 11.8 Å². The average Bonchev–Trinajstić information content (AvgIpc) is 2.64. The number of benzene rings is 2. The van der Waals surface area contributed by atoms with Crippen LogP contribution in [-0.4, -0.2) is 24.9 Å². The molecular weight excluding hydrogens is 373 g/mol. The number of piperidine rings is 1. The fourth-order valence-corrected chi connectivity index (χ4v) is 3.46. The van der Waals surface area contributed by atoms with Crippen LogP contribution in [0.3, 0.4) is 0 Å². The average molecular weight is 392 g/mol. The van der Waals surface area contributed by atoms with Crippen molar-refractivity contribution in [2.24, 2.45) is 5.73 Å². The molecule has 0 bridgehead atoms. The Morgan fingerprint density at radius 2 is 1.77 bits per heavy atom. The zero-order chi connectivity index (χ0) is 18.7. The van der Waals surface area contributed by atoms with E-state index in [-0.39, 0.29) is 10.6 Å². The van der Waals surface area contributed by atoms with Crippen LogP contribution in [0.4, 0.5) is 11.4 Å². The summed E-state index contributed by atoms with van der Waals surface area (Å²) in [6, 6.07) is 9.97. The summed E-state index contributed by atoms with van der Waals surface area (Å²) < 4.78 is 0. The van der Waals surface area contributed by atoms with E-state index in [9.17, 15) is 9.59 Å². The van der Waals surface area contributed by atoms with Crippen LogP contribution in [0.2, 0.25) is 10.0 Å². The maximum Gasteiger partial charge on any atom is 0.257 e. The molecule has 1 saturated heterocycles. The van der Waals surface area contributed by atoms with Crippen LogP contribution in [0.15, 0.2) is 36.4 Å². The van der Waals surface area contributed by atoms with Gasteiger partial charge >= 0.3 is 0 Å². The van der Waals surface area contributed by atoms with Gasteiger partial charge in [-0.1, -0.05) is 29.3 Å². The molecule has 7 heteroatoms. The van der Waals surface area contributed by atoms with Gasteiger partial charge in [0.2, 0.25) is 5.91 Å². The van der Waals surface area contributed by atoms with Gasteiger partial charge in [-0.05, 0) is 49.6 Å². The number of carbonyl (C=O) groups is 2. The fourth-order valence-electron chi connectivity index (χ4n) is 3.07. The first kappa shape index (κ1) is 18.5. The number of hydrogen-bond donors (Lipinski definition) is 2. The number of hydrogen-bond acceptors (Lipinski definition) is 3. The highest BCUT2D eigenvalue weighted by Gasteiger charge is 2.19. The Kier molecular flexibility index (Phi) is 5.69. The maximum absolute atomic E-state index is 12.7. The standard InChI is InChI=1S/C19H19Cl2N3O2/c20-14-6-4-5-13(17(14)21)19(26)23-15-11-12(18(22)25)7-8-16(15)24-9-2-1-3-10-24/h4-8,11H,1-3,9-10H2,(H2,22,25)(H,23,26). The summed E-state index contributed by atoms with van der Waals surface area (Å²) >= 11 is 12.1. The lowest BCUT2D eigenvalue weighted by molar-refractivity contribution is 0.0996. The summed E-state index contributed by atoms with van der Waals surface area (Å²) in [7, 11) is 0. The van der Waals surface area contributed by atoms with Crippen molar-refractivity contribution in [3.8, 4) is 0 Å². The topological polar surface area (TPSA) is 75.4 Å². The zero-order valence-electron chi connectivity index (χ0n) is 14.1. The van der Waals surface area contributed by atoms with Crippen LogP contribution in [0, 0.1) is 0 Å². The largest absolute Gasteiger partial charge is 0.370 e. The molecule has 3 rings (SSSR count). The number of nitrogens with one attached hydrogen (secondary N) is 1. The molecule has 136 valence electrons. The minimum absolute atomic E-state index is 0.192. The van der Waals surface area contributed by atoms with Crippen LogP contribution in [0.25, 0.3) is 0 Å². The van der Waals surface area contributed by atoms with Crippen molar-refractivity contribution in [3.05, 3.63) is 57.6 Å². The highest BCUT2D eigenvalue weighted by Crippen LogP contribution is 2.31. The third-order valence-corrected chi connectivity index (χ3v) is 5.24. The first-order valence-electron chi connectivity index (χ1n) is 8.41. The Morgan fingerprint density at radius 3 is 2.46 bits per heavy atom. The van der Waals surface area contributed by atoms with Gasteiger partial charge in [-0.3, -0.25) is 9.59 Å². The van der Waals surface area contributed by atoms with Gasteiger partial charge in [-0.15, -0.1) is 0 Å². The molecule has 1 heterocycles. The van der Waals surface area contributed by atoms with Crippen molar-refractivity contribution in [1.82, 2.24) is 0 Å². The number of nitrogens with two attached hydrogens (primary N) is 1. The molecule has 0 aliphatic carbocycles. The summed E-state index contributed by atoms with van der Waals surface area (Å²) in [5, 5.41) is 3.35. The molecule has 1 fully saturated rings. The molecule has 2 aromatic carbocycles. The summed E-state index contributed by atoms with van der Waals surface area (Å²) in [5.74, 6) is -0.941. The lowest BCUT2D eigenvalue weighted by Gasteiger charge is -2.30. The summed E-state index contributed by atoms with van der Waals surface area (Å²) in [4.78, 5) is 26.5. The molecule has 0 spiro atoms. The molecule has 5 nitrogen and oxygen atoms in total. The van der Waals surface area contributed by atoms with Crippen molar-refractivity contribution in [3.63, 3.8) is 0 Å². The van der Waals surface area contributed by atoms with Gasteiger partial charge in [0.05, 0.1) is 27.0 Å². The van der Waals surface area contributed by atoms with E-state index in [0.717, 1.165) is 31.6 Å². The molecule has 0 radical (unpaired) electrons. The predicted octanol–water partition coefficient (Wildman–Crippen LogP) is 4.33. The van der Waals surface area contributed by atoms with Gasteiger partial charge in [0.15, 0.2) is 0 Å².